The minimum atomic E-state index is -3.72. The van der Waals surface area contributed by atoms with Crippen molar-refractivity contribution >= 4 is 16.2 Å². The van der Waals surface area contributed by atoms with Crippen molar-refractivity contribution in [3.63, 3.8) is 0 Å². The highest BCUT2D eigenvalue weighted by Crippen LogP contribution is 1.97. The summed E-state index contributed by atoms with van der Waals surface area (Å²) >= 11 is 0. The lowest BCUT2D eigenvalue weighted by Crippen LogP contribution is -2.20. The standard InChI is InChI=1S/C5H11NO4S/c1-2-3-4-11(8,9)10-5(6)7/h2-4H2,1H3,(H2,6,7). The molecule has 11 heavy (non-hydrogen) atoms. The third kappa shape index (κ3) is 5.65. The SMILES string of the molecule is CCCCS(=O)(=O)OC(N)=O. The number of unbranched alkanes of at least 4 members (excludes halogenated alkanes) is 1. The maximum Gasteiger partial charge on any atom is 0.420 e. The van der Waals surface area contributed by atoms with Crippen LogP contribution >= 0.6 is 0 Å². The second-order valence-corrected chi connectivity index (χ2v) is 3.71. The van der Waals surface area contributed by atoms with Crippen molar-refractivity contribution in [2.24, 2.45) is 5.73 Å². The summed E-state index contributed by atoms with van der Waals surface area (Å²) in [6, 6.07) is 0. The third-order valence-electron chi connectivity index (χ3n) is 0.957. The van der Waals surface area contributed by atoms with Gasteiger partial charge in [0.2, 0.25) is 0 Å². The molecule has 0 aliphatic rings. The minimum Gasteiger partial charge on any atom is -0.334 e. The van der Waals surface area contributed by atoms with Crippen LogP contribution in [0, 0.1) is 0 Å². The predicted molar refractivity (Wildman–Crippen MR) is 39.4 cm³/mol. The highest BCUT2D eigenvalue weighted by atomic mass is 32.2. The molecule has 0 fully saturated rings. The van der Waals surface area contributed by atoms with E-state index in [9.17, 15) is 13.2 Å². The summed E-state index contributed by atoms with van der Waals surface area (Å²) in [6.07, 6.45) is -0.0853. The fourth-order valence-corrected chi connectivity index (χ4v) is 1.46. The zero-order valence-electron chi connectivity index (χ0n) is 6.24. The van der Waals surface area contributed by atoms with Gasteiger partial charge in [-0.3, -0.25) is 0 Å². The van der Waals surface area contributed by atoms with Crippen LogP contribution < -0.4 is 5.73 Å². The Morgan fingerprint density at radius 3 is 2.45 bits per heavy atom. The molecule has 5 nitrogen and oxygen atoms in total. The van der Waals surface area contributed by atoms with E-state index in [1.165, 1.54) is 0 Å². The Labute approximate surface area is 65.6 Å². The summed E-state index contributed by atoms with van der Waals surface area (Å²) in [5, 5.41) is 0. The van der Waals surface area contributed by atoms with E-state index in [0.29, 0.717) is 6.42 Å². The van der Waals surface area contributed by atoms with Crippen molar-refractivity contribution in [2.75, 3.05) is 5.75 Å². The van der Waals surface area contributed by atoms with Gasteiger partial charge in [0.25, 0.3) is 0 Å². The summed E-state index contributed by atoms with van der Waals surface area (Å²) < 4.78 is 25.2. The fourth-order valence-electron chi connectivity index (χ4n) is 0.488. The number of hydrogen-bond acceptors (Lipinski definition) is 4. The smallest absolute Gasteiger partial charge is 0.334 e. The Balaban J connectivity index is 3.92. The molecular formula is C5H11NO4S. The van der Waals surface area contributed by atoms with Gasteiger partial charge in [-0.1, -0.05) is 13.3 Å². The Bertz CT molecular complexity index is 221. The van der Waals surface area contributed by atoms with E-state index in [4.69, 9.17) is 0 Å². The van der Waals surface area contributed by atoms with Crippen LogP contribution in [0.2, 0.25) is 0 Å². The Morgan fingerprint density at radius 2 is 2.09 bits per heavy atom. The van der Waals surface area contributed by atoms with Gasteiger partial charge in [0.05, 0.1) is 5.75 Å². The number of nitrogens with two attached hydrogens (primary N) is 1. The molecule has 0 saturated carbocycles. The molecule has 0 unspecified atom stereocenters. The van der Waals surface area contributed by atoms with Crippen LogP contribution in [-0.4, -0.2) is 20.3 Å². The number of amides is 1. The van der Waals surface area contributed by atoms with Gasteiger partial charge in [-0.2, -0.15) is 8.42 Å². The first kappa shape index (κ1) is 10.2. The average molecular weight is 181 g/mol. The molecule has 0 saturated heterocycles. The number of carbonyl (C=O) groups is 1. The molecule has 0 spiro atoms. The van der Waals surface area contributed by atoms with Crippen LogP contribution in [0.1, 0.15) is 19.8 Å². The Kier molecular flexibility index (Phi) is 3.88. The van der Waals surface area contributed by atoms with Gasteiger partial charge < -0.3 is 9.92 Å². The van der Waals surface area contributed by atoms with Gasteiger partial charge in [0, 0.05) is 0 Å². The van der Waals surface area contributed by atoms with Gasteiger partial charge in [0.15, 0.2) is 0 Å². The molecule has 0 aliphatic heterocycles. The van der Waals surface area contributed by atoms with E-state index in [1.54, 1.807) is 0 Å². The Morgan fingerprint density at radius 1 is 1.55 bits per heavy atom. The van der Waals surface area contributed by atoms with Gasteiger partial charge in [-0.15, -0.1) is 0 Å². The lowest BCUT2D eigenvalue weighted by molar-refractivity contribution is 0.212. The lowest BCUT2D eigenvalue weighted by Gasteiger charge is -2.00. The van der Waals surface area contributed by atoms with E-state index in [-0.39, 0.29) is 5.75 Å². The molecular weight excluding hydrogens is 170 g/mol. The summed E-state index contributed by atoms with van der Waals surface area (Å²) in [5.41, 5.74) is 4.51. The van der Waals surface area contributed by atoms with E-state index >= 15 is 0 Å². The summed E-state index contributed by atoms with van der Waals surface area (Å²) in [6.45, 7) is 1.83. The van der Waals surface area contributed by atoms with Crippen molar-refractivity contribution in [1.82, 2.24) is 0 Å². The molecule has 1 amide bonds. The van der Waals surface area contributed by atoms with E-state index in [2.05, 4.69) is 9.92 Å². The topological polar surface area (TPSA) is 86.5 Å². The number of rotatable bonds is 4. The maximum absolute atomic E-state index is 10.7. The van der Waals surface area contributed by atoms with E-state index in [0.717, 1.165) is 6.42 Å². The highest BCUT2D eigenvalue weighted by molar-refractivity contribution is 7.87. The second kappa shape index (κ2) is 4.17. The molecule has 0 rings (SSSR count). The van der Waals surface area contributed by atoms with Crippen molar-refractivity contribution in [3.05, 3.63) is 0 Å². The normalized spacial score (nSPS) is 11.0. The number of hydrogen-bond donors (Lipinski definition) is 1. The van der Waals surface area contributed by atoms with Crippen LogP contribution in [0.3, 0.4) is 0 Å². The van der Waals surface area contributed by atoms with Gasteiger partial charge in [0.1, 0.15) is 0 Å². The first-order chi connectivity index (χ1) is 4.98. The largest absolute Gasteiger partial charge is 0.420 e. The summed E-state index contributed by atoms with van der Waals surface area (Å²) in [7, 11) is -3.72. The predicted octanol–water partition coefficient (Wildman–Crippen LogP) is 0.212. The minimum absolute atomic E-state index is 0.160. The van der Waals surface area contributed by atoms with Crippen LogP contribution in [0.4, 0.5) is 4.79 Å². The van der Waals surface area contributed by atoms with Gasteiger partial charge in [-0.05, 0) is 6.42 Å². The fraction of sp³-hybridized carbons (Fsp3) is 0.800. The highest BCUT2D eigenvalue weighted by Gasteiger charge is 2.12. The van der Waals surface area contributed by atoms with Crippen LogP contribution in [-0.2, 0) is 14.3 Å². The molecule has 66 valence electrons. The number of primary amides is 1. The van der Waals surface area contributed by atoms with Crippen LogP contribution in [0.15, 0.2) is 0 Å². The summed E-state index contributed by atoms with van der Waals surface area (Å²) in [5.74, 6) is -0.160. The third-order valence-corrected chi connectivity index (χ3v) is 2.16. The van der Waals surface area contributed by atoms with Crippen molar-refractivity contribution in [1.29, 1.82) is 0 Å². The lowest BCUT2D eigenvalue weighted by atomic mass is 10.4. The molecule has 0 bridgehead atoms. The second-order valence-electron chi connectivity index (χ2n) is 2.02. The van der Waals surface area contributed by atoms with Crippen molar-refractivity contribution < 1.29 is 17.4 Å². The van der Waals surface area contributed by atoms with Crippen molar-refractivity contribution in [2.45, 2.75) is 19.8 Å². The van der Waals surface area contributed by atoms with Crippen molar-refractivity contribution in [3.8, 4) is 0 Å². The van der Waals surface area contributed by atoms with Crippen LogP contribution in [0.5, 0.6) is 0 Å². The molecule has 0 aromatic heterocycles. The van der Waals surface area contributed by atoms with E-state index in [1.807, 2.05) is 6.92 Å². The molecule has 0 aromatic carbocycles. The monoisotopic (exact) mass is 181 g/mol. The first-order valence-corrected chi connectivity index (χ1v) is 4.77. The van der Waals surface area contributed by atoms with E-state index < -0.39 is 16.2 Å². The zero-order valence-corrected chi connectivity index (χ0v) is 7.06. The van der Waals surface area contributed by atoms with Gasteiger partial charge >= 0.3 is 16.2 Å². The Hall–Kier alpha value is -0.780. The molecule has 6 heteroatoms. The molecule has 0 aliphatic carbocycles. The number of carbonyl (C=O) groups excluding carboxylic acids is 1. The van der Waals surface area contributed by atoms with Gasteiger partial charge in [-0.25, -0.2) is 4.79 Å². The molecule has 2 N–H and O–H groups in total. The average Bonchev–Trinajstić information content (AvgIpc) is 1.81. The first-order valence-electron chi connectivity index (χ1n) is 3.19. The maximum atomic E-state index is 10.7. The molecule has 0 heterocycles. The molecule has 0 radical (unpaired) electrons. The van der Waals surface area contributed by atoms with Crippen LogP contribution in [0.25, 0.3) is 0 Å². The zero-order chi connectivity index (χ0) is 8.91. The molecule has 0 atom stereocenters. The molecule has 0 aromatic rings. The summed E-state index contributed by atoms with van der Waals surface area (Å²) in [4.78, 5) is 10.00. The quantitative estimate of drug-likeness (QED) is 0.628.